The summed E-state index contributed by atoms with van der Waals surface area (Å²) in [7, 11) is 1.53. The Morgan fingerprint density at radius 1 is 1.26 bits per heavy atom. The van der Waals surface area contributed by atoms with Gasteiger partial charge in [-0.1, -0.05) is 6.07 Å². The summed E-state index contributed by atoms with van der Waals surface area (Å²) >= 11 is 0. The molecule has 4 heterocycles. The van der Waals surface area contributed by atoms with E-state index in [0.29, 0.717) is 53.5 Å². The highest BCUT2D eigenvalue weighted by atomic mass is 16.5. The summed E-state index contributed by atoms with van der Waals surface area (Å²) in [6.07, 6.45) is 1.55. The minimum atomic E-state index is -0.763. The third kappa shape index (κ3) is 4.27. The molecular formula is C24H23N5O6. The Hall–Kier alpha value is -4.41. The number of carbonyl (C=O) groups is 4. The van der Waals surface area contributed by atoms with Gasteiger partial charge in [0.1, 0.15) is 28.9 Å². The number of nitrogens with zero attached hydrogens (tertiary/aromatic N) is 3. The average molecular weight is 477 g/mol. The van der Waals surface area contributed by atoms with Crippen molar-refractivity contribution in [2.75, 3.05) is 25.1 Å². The first-order valence-corrected chi connectivity index (χ1v) is 11.1. The van der Waals surface area contributed by atoms with Gasteiger partial charge in [0.25, 0.3) is 5.91 Å². The average Bonchev–Trinajstić information content (AvgIpc) is 3.55. The lowest BCUT2D eigenvalue weighted by Gasteiger charge is -2.23. The lowest BCUT2D eigenvalue weighted by atomic mass is 10.1. The van der Waals surface area contributed by atoms with Gasteiger partial charge in [-0.15, -0.1) is 0 Å². The van der Waals surface area contributed by atoms with E-state index in [-0.39, 0.29) is 24.8 Å². The van der Waals surface area contributed by atoms with Crippen LogP contribution in [0.2, 0.25) is 0 Å². The summed E-state index contributed by atoms with van der Waals surface area (Å²) in [5.41, 5.74) is 2.36. The second kappa shape index (κ2) is 9.09. The Morgan fingerprint density at radius 2 is 2.11 bits per heavy atom. The maximum absolute atomic E-state index is 13.0. The summed E-state index contributed by atoms with van der Waals surface area (Å²) in [4.78, 5) is 55.9. The smallest absolute Gasteiger partial charge is 0.321 e. The van der Waals surface area contributed by atoms with E-state index in [0.717, 1.165) is 12.0 Å². The number of urea groups is 1. The molecule has 35 heavy (non-hydrogen) atoms. The van der Waals surface area contributed by atoms with E-state index in [1.807, 2.05) is 11.4 Å². The molecule has 1 saturated heterocycles. The van der Waals surface area contributed by atoms with Crippen molar-refractivity contribution in [1.29, 1.82) is 0 Å². The Bertz CT molecular complexity index is 1340. The first-order valence-electron chi connectivity index (χ1n) is 11.1. The monoisotopic (exact) mass is 477 g/mol. The number of furan rings is 1. The normalized spacial score (nSPS) is 15.9. The van der Waals surface area contributed by atoms with Crippen molar-refractivity contribution in [3.63, 3.8) is 0 Å². The number of imide groups is 1. The van der Waals surface area contributed by atoms with E-state index >= 15 is 0 Å². The van der Waals surface area contributed by atoms with Crippen LogP contribution in [0.4, 0.5) is 10.6 Å². The van der Waals surface area contributed by atoms with Gasteiger partial charge in [-0.2, -0.15) is 0 Å². The number of rotatable bonds is 7. The first-order chi connectivity index (χ1) is 17.0. The van der Waals surface area contributed by atoms with Gasteiger partial charge in [0.05, 0.1) is 7.11 Å². The zero-order valence-corrected chi connectivity index (χ0v) is 18.9. The number of pyridine rings is 1. The van der Waals surface area contributed by atoms with E-state index in [2.05, 4.69) is 10.3 Å². The number of benzene rings is 1. The maximum atomic E-state index is 13.0. The van der Waals surface area contributed by atoms with Crippen LogP contribution in [0.3, 0.4) is 0 Å². The zero-order chi connectivity index (χ0) is 24.5. The number of methoxy groups -OCH3 is 1. The van der Waals surface area contributed by atoms with E-state index < -0.39 is 12.1 Å². The van der Waals surface area contributed by atoms with Gasteiger partial charge in [0, 0.05) is 37.7 Å². The number of hydrogen-bond acceptors (Lipinski definition) is 7. The van der Waals surface area contributed by atoms with Crippen molar-refractivity contribution in [3.8, 4) is 5.75 Å². The lowest BCUT2D eigenvalue weighted by molar-refractivity contribution is -0.117. The van der Waals surface area contributed by atoms with Crippen LogP contribution in [0, 0.1) is 0 Å². The van der Waals surface area contributed by atoms with Gasteiger partial charge in [-0.25, -0.2) is 9.78 Å². The quantitative estimate of drug-likeness (QED) is 0.498. The number of nitrogens with one attached hydrogen (secondary N) is 2. The molecule has 0 spiro atoms. The van der Waals surface area contributed by atoms with Gasteiger partial charge in [-0.05, 0) is 36.2 Å². The van der Waals surface area contributed by atoms with Crippen LogP contribution in [0.5, 0.6) is 5.75 Å². The summed E-state index contributed by atoms with van der Waals surface area (Å²) in [5, 5.41) is 4.73. The minimum Gasteiger partial charge on any atom is -0.497 e. The van der Waals surface area contributed by atoms with Gasteiger partial charge in [0.15, 0.2) is 5.58 Å². The summed E-state index contributed by atoms with van der Waals surface area (Å²) < 4.78 is 11.2. The van der Waals surface area contributed by atoms with Crippen molar-refractivity contribution >= 4 is 41.2 Å². The fraction of sp³-hybridized carbons (Fsp3) is 0.292. The molecular weight excluding hydrogens is 454 g/mol. The van der Waals surface area contributed by atoms with Crippen molar-refractivity contribution in [2.24, 2.45) is 0 Å². The number of aromatic nitrogens is 1. The minimum absolute atomic E-state index is 0.0226. The molecule has 11 heteroatoms. The van der Waals surface area contributed by atoms with Crippen molar-refractivity contribution < 1.29 is 28.3 Å². The molecule has 2 aliphatic heterocycles. The van der Waals surface area contributed by atoms with Crippen LogP contribution in [0.1, 0.15) is 40.6 Å². The van der Waals surface area contributed by atoms with Crippen LogP contribution in [0.15, 0.2) is 40.8 Å². The molecule has 0 aliphatic carbocycles. The molecule has 11 nitrogen and oxygen atoms in total. The highest BCUT2D eigenvalue weighted by Crippen LogP contribution is 2.31. The molecule has 2 N–H and O–H groups in total. The fourth-order valence-electron chi connectivity index (χ4n) is 4.44. The summed E-state index contributed by atoms with van der Waals surface area (Å²) in [6.45, 7) is 1.06. The molecule has 2 aliphatic rings. The van der Waals surface area contributed by atoms with E-state index in [9.17, 15) is 19.2 Å². The lowest BCUT2D eigenvalue weighted by Crippen LogP contribution is -2.42. The highest BCUT2D eigenvalue weighted by molar-refractivity contribution is 5.99. The third-order valence-electron chi connectivity index (χ3n) is 6.17. The number of hydrogen-bond donors (Lipinski definition) is 2. The number of anilines is 1. The van der Waals surface area contributed by atoms with Gasteiger partial charge in [-0.3, -0.25) is 24.6 Å². The third-order valence-corrected chi connectivity index (χ3v) is 6.17. The zero-order valence-electron chi connectivity index (χ0n) is 18.9. The molecule has 5 amide bonds. The van der Waals surface area contributed by atoms with Crippen LogP contribution in [0.25, 0.3) is 11.1 Å². The highest BCUT2D eigenvalue weighted by Gasteiger charge is 2.32. The molecule has 0 unspecified atom stereocenters. The first kappa shape index (κ1) is 22.4. The van der Waals surface area contributed by atoms with E-state index in [1.54, 1.807) is 40.1 Å². The molecule has 1 aromatic carbocycles. The standard InChI is InChI=1S/C24H23N5O6/c1-34-15-5-4-14-11-28(23(32)16(14)9-15)12-18(27-24(33)25-13-30)20-10-17-19(35-20)6-7-21(26-17)29-8-2-3-22(29)31/h4-7,9-10,13,18H,2-3,8,11-12H2,1H3,(H2,25,27,30,33)/t18-/m0/s1. The second-order valence-electron chi connectivity index (χ2n) is 8.35. The summed E-state index contributed by atoms with van der Waals surface area (Å²) in [5.74, 6) is 1.30. The molecule has 1 atom stereocenters. The Balaban J connectivity index is 1.43. The predicted octanol–water partition coefficient (Wildman–Crippen LogP) is 2.12. The van der Waals surface area contributed by atoms with Gasteiger partial charge < -0.3 is 19.4 Å². The number of fused-ring (bicyclic) bond motifs is 2. The van der Waals surface area contributed by atoms with Crippen LogP contribution >= 0.6 is 0 Å². The second-order valence-corrected chi connectivity index (χ2v) is 8.35. The van der Waals surface area contributed by atoms with Crippen LogP contribution in [-0.4, -0.2) is 54.3 Å². The van der Waals surface area contributed by atoms with Gasteiger partial charge in [0.2, 0.25) is 12.3 Å². The topological polar surface area (TPSA) is 134 Å². The maximum Gasteiger partial charge on any atom is 0.321 e. The largest absolute Gasteiger partial charge is 0.497 e. The number of ether oxygens (including phenoxy) is 1. The molecule has 1 fully saturated rings. The van der Waals surface area contributed by atoms with Crippen molar-refractivity contribution in [3.05, 3.63) is 53.3 Å². The Morgan fingerprint density at radius 3 is 2.86 bits per heavy atom. The molecule has 0 saturated carbocycles. The number of carbonyl (C=O) groups excluding carboxylic acids is 4. The van der Waals surface area contributed by atoms with E-state index in [1.165, 1.54) is 7.11 Å². The molecule has 2 aromatic heterocycles. The molecule has 0 radical (unpaired) electrons. The predicted molar refractivity (Wildman–Crippen MR) is 124 cm³/mol. The Labute approximate surface area is 200 Å². The van der Waals surface area contributed by atoms with Crippen molar-refractivity contribution in [1.82, 2.24) is 20.5 Å². The van der Waals surface area contributed by atoms with Crippen molar-refractivity contribution in [2.45, 2.75) is 25.4 Å². The SMILES string of the molecule is COc1ccc2c(c1)C(=O)N(C[C@H](NC(=O)NC=O)c1cc3nc(N4CCCC4=O)ccc3o1)C2. The molecule has 180 valence electrons. The van der Waals surface area contributed by atoms with Crippen LogP contribution < -0.4 is 20.3 Å². The van der Waals surface area contributed by atoms with Gasteiger partial charge >= 0.3 is 6.03 Å². The fourth-order valence-corrected chi connectivity index (χ4v) is 4.44. The molecule has 0 bridgehead atoms. The van der Waals surface area contributed by atoms with E-state index in [4.69, 9.17) is 9.15 Å². The van der Waals surface area contributed by atoms with Crippen LogP contribution in [-0.2, 0) is 16.1 Å². The Kier molecular flexibility index (Phi) is 5.81. The number of amides is 5. The molecule has 3 aromatic rings. The summed E-state index contributed by atoms with van der Waals surface area (Å²) in [6, 6.07) is 8.92. The molecule has 5 rings (SSSR count).